The van der Waals surface area contributed by atoms with Crippen molar-refractivity contribution in [3.8, 4) is 5.75 Å². The molecule has 1 heterocycles. The second-order valence-corrected chi connectivity index (χ2v) is 10.8. The van der Waals surface area contributed by atoms with Crippen molar-refractivity contribution in [1.82, 2.24) is 9.21 Å². The highest BCUT2D eigenvalue weighted by atomic mass is 32.2. The normalized spacial score (nSPS) is 14.4. The lowest BCUT2D eigenvalue weighted by Gasteiger charge is -2.26. The Morgan fingerprint density at radius 3 is 1.97 bits per heavy atom. The number of hydrogen-bond donors (Lipinski definition) is 0. The van der Waals surface area contributed by atoms with Gasteiger partial charge in [0.1, 0.15) is 5.75 Å². The molecule has 0 aliphatic carbocycles. The van der Waals surface area contributed by atoms with Crippen molar-refractivity contribution in [2.75, 3.05) is 19.7 Å². The van der Waals surface area contributed by atoms with Crippen LogP contribution in [-0.4, -0.2) is 43.2 Å². The molecule has 0 radical (unpaired) electrons. The van der Waals surface area contributed by atoms with Crippen LogP contribution in [0.1, 0.15) is 36.0 Å². The minimum absolute atomic E-state index is 0.126. The molecule has 184 valence electrons. The van der Waals surface area contributed by atoms with E-state index in [2.05, 4.69) is 0 Å². The molecule has 35 heavy (non-hydrogen) atoms. The van der Waals surface area contributed by atoms with Crippen LogP contribution in [0.2, 0.25) is 0 Å². The summed E-state index contributed by atoms with van der Waals surface area (Å²) >= 11 is 0. The van der Waals surface area contributed by atoms with Gasteiger partial charge < -0.3 is 9.64 Å². The third kappa shape index (κ3) is 6.50. The van der Waals surface area contributed by atoms with Crippen molar-refractivity contribution in [1.29, 1.82) is 0 Å². The number of rotatable bonds is 9. The van der Waals surface area contributed by atoms with Gasteiger partial charge in [0.2, 0.25) is 10.0 Å². The summed E-state index contributed by atoms with van der Waals surface area (Å²) in [5.41, 5.74) is 2.77. The van der Waals surface area contributed by atoms with Gasteiger partial charge >= 0.3 is 0 Å². The monoisotopic (exact) mass is 492 g/mol. The van der Waals surface area contributed by atoms with E-state index in [9.17, 15) is 13.2 Å². The fourth-order valence-electron chi connectivity index (χ4n) is 4.27. The first-order valence-electron chi connectivity index (χ1n) is 12.0. The fraction of sp³-hybridized carbons (Fsp3) is 0.321. The van der Waals surface area contributed by atoms with Crippen LogP contribution >= 0.6 is 0 Å². The molecule has 3 aromatic rings. The second kappa shape index (κ2) is 11.5. The maximum Gasteiger partial charge on any atom is 0.261 e. The molecule has 0 N–H and O–H groups in total. The molecule has 4 rings (SSSR count). The predicted molar refractivity (Wildman–Crippen MR) is 136 cm³/mol. The van der Waals surface area contributed by atoms with Gasteiger partial charge in [0.05, 0.1) is 4.90 Å². The predicted octanol–water partition coefficient (Wildman–Crippen LogP) is 4.78. The van der Waals surface area contributed by atoms with Crippen molar-refractivity contribution in [3.05, 3.63) is 95.6 Å². The lowest BCUT2D eigenvalue weighted by molar-refractivity contribution is -0.134. The van der Waals surface area contributed by atoms with E-state index in [1.165, 1.54) is 0 Å². The van der Waals surface area contributed by atoms with Crippen molar-refractivity contribution < 1.29 is 17.9 Å². The highest BCUT2D eigenvalue weighted by Crippen LogP contribution is 2.26. The van der Waals surface area contributed by atoms with Gasteiger partial charge in [-0.15, -0.1) is 0 Å². The smallest absolute Gasteiger partial charge is 0.261 e. The van der Waals surface area contributed by atoms with Gasteiger partial charge in [-0.1, -0.05) is 67.1 Å². The molecule has 7 heteroatoms. The van der Waals surface area contributed by atoms with Gasteiger partial charge in [-0.25, -0.2) is 8.42 Å². The van der Waals surface area contributed by atoms with E-state index in [4.69, 9.17) is 4.74 Å². The quantitative estimate of drug-likeness (QED) is 0.431. The third-order valence-corrected chi connectivity index (χ3v) is 8.13. The minimum atomic E-state index is -3.51. The summed E-state index contributed by atoms with van der Waals surface area (Å²) in [7, 11) is -3.51. The Hall–Kier alpha value is -3.16. The number of nitrogens with zero attached hydrogens (tertiary/aromatic N) is 2. The SMILES string of the molecule is Cc1cc(S(=O)(=O)N2CCCCC2)ccc1OCC(=O)N(Cc1ccccc1)Cc1ccccc1. The molecule has 1 aliphatic rings. The molecule has 3 aromatic carbocycles. The number of hydrogen-bond acceptors (Lipinski definition) is 4. The van der Waals surface area contributed by atoms with E-state index in [1.807, 2.05) is 60.7 Å². The van der Waals surface area contributed by atoms with Crippen LogP contribution in [0.15, 0.2) is 83.8 Å². The van der Waals surface area contributed by atoms with Crippen LogP contribution in [0.4, 0.5) is 0 Å². The molecule has 1 amide bonds. The maximum atomic E-state index is 13.2. The molecule has 0 saturated carbocycles. The first-order chi connectivity index (χ1) is 16.9. The Balaban J connectivity index is 1.44. The summed E-state index contributed by atoms with van der Waals surface area (Å²) in [5.74, 6) is 0.373. The first-order valence-corrected chi connectivity index (χ1v) is 13.5. The number of sulfonamides is 1. The second-order valence-electron chi connectivity index (χ2n) is 8.90. The number of carbonyl (C=O) groups is 1. The average molecular weight is 493 g/mol. The maximum absolute atomic E-state index is 13.2. The summed E-state index contributed by atoms with van der Waals surface area (Å²) in [4.78, 5) is 15.2. The number of piperidine rings is 1. The summed E-state index contributed by atoms with van der Waals surface area (Å²) in [6.07, 6.45) is 2.85. The molecular weight excluding hydrogens is 460 g/mol. The molecule has 1 aliphatic heterocycles. The van der Waals surface area contributed by atoms with Crippen LogP contribution in [0.3, 0.4) is 0 Å². The van der Waals surface area contributed by atoms with E-state index in [0.29, 0.717) is 37.5 Å². The van der Waals surface area contributed by atoms with Crippen molar-refractivity contribution in [2.45, 2.75) is 44.2 Å². The van der Waals surface area contributed by atoms with Crippen LogP contribution in [0, 0.1) is 6.92 Å². The molecule has 1 fully saturated rings. The lowest BCUT2D eigenvalue weighted by Crippen LogP contribution is -2.35. The molecule has 0 atom stereocenters. The zero-order chi connectivity index (χ0) is 24.7. The van der Waals surface area contributed by atoms with E-state index in [1.54, 1.807) is 34.3 Å². The molecule has 0 bridgehead atoms. The van der Waals surface area contributed by atoms with Gasteiger partial charge in [0.25, 0.3) is 5.91 Å². The fourth-order valence-corrected chi connectivity index (χ4v) is 5.87. The van der Waals surface area contributed by atoms with E-state index >= 15 is 0 Å². The summed E-state index contributed by atoms with van der Waals surface area (Å²) in [6, 6.07) is 24.6. The Labute approximate surface area is 208 Å². The zero-order valence-corrected chi connectivity index (χ0v) is 20.9. The minimum Gasteiger partial charge on any atom is -0.483 e. The molecule has 0 unspecified atom stereocenters. The number of aryl methyl sites for hydroxylation is 1. The Kier molecular flexibility index (Phi) is 8.21. The van der Waals surface area contributed by atoms with E-state index in [-0.39, 0.29) is 17.4 Å². The molecule has 0 spiro atoms. The number of benzene rings is 3. The van der Waals surface area contributed by atoms with Gasteiger partial charge in [0.15, 0.2) is 6.61 Å². The topological polar surface area (TPSA) is 66.9 Å². The van der Waals surface area contributed by atoms with E-state index < -0.39 is 10.0 Å². The van der Waals surface area contributed by atoms with Crippen LogP contribution < -0.4 is 4.74 Å². The summed E-state index contributed by atoms with van der Waals surface area (Å²) in [6.45, 7) is 3.76. The highest BCUT2D eigenvalue weighted by molar-refractivity contribution is 7.89. The standard InChI is InChI=1S/C28H32N2O4S/c1-23-19-26(35(32,33)30-17-9-4-10-18-30)15-16-27(23)34-22-28(31)29(20-24-11-5-2-6-12-24)21-25-13-7-3-8-14-25/h2-3,5-8,11-16,19H,4,9-10,17-18,20-22H2,1H3. The Morgan fingerprint density at radius 1 is 0.857 bits per heavy atom. The van der Waals surface area contributed by atoms with Crippen LogP contribution in [-0.2, 0) is 27.9 Å². The zero-order valence-electron chi connectivity index (χ0n) is 20.1. The lowest BCUT2D eigenvalue weighted by atomic mass is 10.1. The van der Waals surface area contributed by atoms with Gasteiger partial charge in [-0.2, -0.15) is 4.31 Å². The van der Waals surface area contributed by atoms with Crippen molar-refractivity contribution in [3.63, 3.8) is 0 Å². The van der Waals surface area contributed by atoms with Crippen molar-refractivity contribution in [2.24, 2.45) is 0 Å². The Bertz CT molecular complexity index is 1180. The van der Waals surface area contributed by atoms with E-state index in [0.717, 1.165) is 30.4 Å². The molecule has 6 nitrogen and oxygen atoms in total. The van der Waals surface area contributed by atoms with Gasteiger partial charge in [-0.05, 0) is 54.7 Å². The number of carbonyl (C=O) groups excluding carboxylic acids is 1. The van der Waals surface area contributed by atoms with Crippen LogP contribution in [0.25, 0.3) is 0 Å². The first kappa shape index (κ1) is 24.9. The van der Waals surface area contributed by atoms with Gasteiger partial charge in [-0.3, -0.25) is 4.79 Å². The largest absolute Gasteiger partial charge is 0.483 e. The number of ether oxygens (including phenoxy) is 1. The summed E-state index contributed by atoms with van der Waals surface area (Å²) < 4.78 is 33.4. The average Bonchev–Trinajstić information content (AvgIpc) is 2.89. The number of amides is 1. The Morgan fingerprint density at radius 2 is 1.43 bits per heavy atom. The highest BCUT2D eigenvalue weighted by Gasteiger charge is 2.26. The third-order valence-electron chi connectivity index (χ3n) is 6.24. The summed E-state index contributed by atoms with van der Waals surface area (Å²) in [5, 5.41) is 0. The molecular formula is C28H32N2O4S. The molecule has 0 aromatic heterocycles. The van der Waals surface area contributed by atoms with Gasteiger partial charge in [0, 0.05) is 26.2 Å². The van der Waals surface area contributed by atoms with Crippen molar-refractivity contribution >= 4 is 15.9 Å². The van der Waals surface area contributed by atoms with Crippen LogP contribution in [0.5, 0.6) is 5.75 Å². The molecule has 1 saturated heterocycles.